The van der Waals surface area contributed by atoms with Crippen LogP contribution in [-0.2, 0) is 15.9 Å². The van der Waals surface area contributed by atoms with Crippen molar-refractivity contribution in [2.75, 3.05) is 75.0 Å². The Morgan fingerprint density at radius 2 is 1.51 bits per heavy atom. The van der Waals surface area contributed by atoms with Gasteiger partial charge < -0.3 is 30.7 Å². The van der Waals surface area contributed by atoms with Gasteiger partial charge in [0.2, 0.25) is 11.6 Å². The number of morpholine rings is 2. The molecule has 0 radical (unpaired) electrons. The van der Waals surface area contributed by atoms with Gasteiger partial charge >= 0.3 is 0 Å². The maximum absolute atomic E-state index is 17.2. The van der Waals surface area contributed by atoms with E-state index in [0.29, 0.717) is 51.2 Å². The number of nitrogens with zero attached hydrogens (tertiary/aromatic N) is 6. The zero-order valence-corrected chi connectivity index (χ0v) is 44.9. The zero-order valence-electron chi connectivity index (χ0n) is 44.9. The van der Waals surface area contributed by atoms with Crippen LogP contribution in [0, 0.1) is 23.3 Å². The van der Waals surface area contributed by atoms with Crippen LogP contribution in [0.1, 0.15) is 55.0 Å². The van der Waals surface area contributed by atoms with Gasteiger partial charge in [0, 0.05) is 79.0 Å². The van der Waals surface area contributed by atoms with E-state index in [1.807, 2.05) is 6.07 Å². The highest BCUT2D eigenvalue weighted by molar-refractivity contribution is 6.29. The number of nitrogens with two attached hydrogens (primary N) is 2. The lowest BCUT2D eigenvalue weighted by atomic mass is 9.98. The summed E-state index contributed by atoms with van der Waals surface area (Å²) in [6, 6.07) is 32.8. The normalized spacial score (nSPS) is 20.3. The minimum absolute atomic E-state index is 0.0660. The van der Waals surface area contributed by atoms with Gasteiger partial charge in [-0.15, -0.1) is 5.01 Å². The van der Waals surface area contributed by atoms with E-state index in [1.54, 1.807) is 54.6 Å². The van der Waals surface area contributed by atoms with Crippen LogP contribution >= 0.6 is 0 Å². The van der Waals surface area contributed by atoms with Gasteiger partial charge in [-0.25, -0.2) is 27.6 Å². The fraction of sp³-hybridized carbons (Fsp3) is 0.230. The summed E-state index contributed by atoms with van der Waals surface area (Å²) in [5.41, 5.74) is 21.0. The number of carbonyl (C=O) groups excluding carboxylic acids is 3. The zero-order chi connectivity index (χ0) is 57.7. The van der Waals surface area contributed by atoms with Crippen molar-refractivity contribution in [2.45, 2.75) is 31.1 Å². The van der Waals surface area contributed by atoms with Crippen LogP contribution in [0.5, 0.6) is 5.75 Å². The molecule has 0 aliphatic carbocycles. The van der Waals surface area contributed by atoms with Crippen molar-refractivity contribution in [3.8, 4) is 5.75 Å². The van der Waals surface area contributed by atoms with Crippen molar-refractivity contribution >= 4 is 51.8 Å². The fourth-order valence-corrected chi connectivity index (χ4v) is 10.5. The van der Waals surface area contributed by atoms with Crippen LogP contribution < -0.4 is 47.1 Å². The Morgan fingerprint density at radius 3 is 2.24 bits per heavy atom. The number of anilines is 4. The van der Waals surface area contributed by atoms with Gasteiger partial charge in [0.15, 0.2) is 40.9 Å². The molecule has 0 amide bonds. The third kappa shape index (κ3) is 11.9. The highest BCUT2D eigenvalue weighted by Gasteiger charge is 2.53. The molecular weight excluding hydrogens is 1070 g/mol. The highest BCUT2D eigenvalue weighted by atomic mass is 19.1. The van der Waals surface area contributed by atoms with Gasteiger partial charge in [0.1, 0.15) is 41.1 Å². The first kappa shape index (κ1) is 55.9. The Hall–Kier alpha value is -9.03. The second kappa shape index (κ2) is 24.2. The average Bonchev–Trinajstić information content (AvgIpc) is 4.15. The molecule has 4 aliphatic rings. The summed E-state index contributed by atoms with van der Waals surface area (Å²) in [6.07, 6.45) is 6.22. The van der Waals surface area contributed by atoms with Gasteiger partial charge in [-0.2, -0.15) is 10.5 Å². The summed E-state index contributed by atoms with van der Waals surface area (Å²) in [5.74, 6) is -7.76. The number of aryl methyl sites for hydroxylation is 1. The predicted molar refractivity (Wildman–Crippen MR) is 305 cm³/mol. The monoisotopic (exact) mass is 1130 g/mol. The number of nitrogen functional groups attached to an aromatic ring is 1. The van der Waals surface area contributed by atoms with Gasteiger partial charge in [-0.1, -0.05) is 47.2 Å². The minimum Gasteiger partial charge on any atom is -0.492 e. The third-order valence-corrected chi connectivity index (χ3v) is 14.8. The number of halogens is 4. The molecule has 5 heterocycles. The summed E-state index contributed by atoms with van der Waals surface area (Å²) >= 11 is 0. The first-order chi connectivity index (χ1) is 40.3. The molecule has 83 heavy (non-hydrogen) atoms. The van der Waals surface area contributed by atoms with Crippen molar-refractivity contribution in [2.24, 2.45) is 10.7 Å². The molecule has 22 heteroatoms. The Bertz CT molecular complexity index is 3640. The molecule has 2 saturated heterocycles. The topological polar surface area (TPSA) is 218 Å². The van der Waals surface area contributed by atoms with Crippen molar-refractivity contribution < 1.29 is 46.2 Å². The van der Waals surface area contributed by atoms with Gasteiger partial charge in [-0.3, -0.25) is 30.1 Å². The number of hydrogen-bond acceptors (Lipinski definition) is 15. The SMILES string of the molecule is Nc1cccc(C(=O)C2=CNN(c3ccc(F)cc3)C2(N)N=C2N[N+](c3ccc(F)cc3)(N(c3ccc(F)cc3F)c3[nH]ncc3C(=O)c3cccc(CCCC4COCCN4)c3)C=C2C(=O)c2cccc(OCCN3CCOCC3)c2)c1. The molecular formula is C61H59F4N12O6+. The number of carbonyl (C=O) groups is 3. The highest BCUT2D eigenvalue weighted by Crippen LogP contribution is 2.43. The minimum atomic E-state index is -2.35. The van der Waals surface area contributed by atoms with Crippen molar-refractivity contribution in [1.29, 1.82) is 0 Å². The molecule has 7 aromatic rings. The molecule has 18 nitrogen and oxygen atoms in total. The number of ether oxygens (including phenoxy) is 3. The number of aromatic amines is 1. The van der Waals surface area contributed by atoms with E-state index in [9.17, 15) is 9.18 Å². The molecule has 2 fully saturated rings. The molecule has 8 N–H and O–H groups in total. The van der Waals surface area contributed by atoms with Gasteiger partial charge in [0.25, 0.3) is 0 Å². The summed E-state index contributed by atoms with van der Waals surface area (Å²) < 4.78 is 78.6. The van der Waals surface area contributed by atoms with E-state index in [0.717, 1.165) is 62.3 Å². The number of H-pyrrole nitrogens is 1. The molecule has 1 aromatic heterocycles. The predicted octanol–water partition coefficient (Wildman–Crippen LogP) is 7.95. The van der Waals surface area contributed by atoms with Crippen LogP contribution in [0.4, 0.5) is 46.1 Å². The number of aromatic nitrogens is 2. The van der Waals surface area contributed by atoms with E-state index in [-0.39, 0.29) is 80.5 Å². The molecule has 4 aliphatic heterocycles. The lowest BCUT2D eigenvalue weighted by molar-refractivity contribution is 0.0322. The molecule has 0 bridgehead atoms. The van der Waals surface area contributed by atoms with Crippen LogP contribution in [0.2, 0.25) is 0 Å². The lowest BCUT2D eigenvalue weighted by Crippen LogP contribution is -2.65. The maximum Gasteiger partial charge on any atom is 0.236 e. The standard InChI is InChI=1S/C61H58F4N12O6/c62-43-13-18-48(19-14-43)76-61(67,53(36-70-76)58(80)41-8-3-10-46(66)32-41)71-59-52(57(79)42-9-4-12-50(33-42)83-30-26-74-24-28-81-29-25-74)37-77(73-59,49-20-15-44(63)16-21-49)75(55-22-17-45(64)34-54(55)65)60-51(35-69-72-60)56(78)40-7-1-5-39(31-40)6-2-11-47-38-82-27-23-68-47/h1,3-5,7-10,12-22,31-37,47,68H,2,6,11,23-30,38,66-67H2,(H2-,69,70,71,72,73,78,80)/p+1. The Balaban J connectivity index is 1.08. The number of Topliss-reactive ketones (excluding diaryl/α,β-unsaturated/α-hetero) is 2. The third-order valence-electron chi connectivity index (χ3n) is 14.8. The average molecular weight is 1130 g/mol. The Morgan fingerprint density at radius 1 is 0.795 bits per heavy atom. The fourth-order valence-electron chi connectivity index (χ4n) is 10.5. The number of hydrazine groups is 1. The van der Waals surface area contributed by atoms with E-state index in [2.05, 4.69) is 31.3 Å². The number of amidine groups is 1. The van der Waals surface area contributed by atoms with E-state index in [4.69, 9.17) is 30.7 Å². The van der Waals surface area contributed by atoms with Gasteiger partial charge in [0.05, 0.1) is 49.4 Å². The number of rotatable bonds is 20. The molecule has 426 valence electrons. The molecule has 3 unspecified atom stereocenters. The van der Waals surface area contributed by atoms with Crippen LogP contribution in [0.3, 0.4) is 0 Å². The number of hydrogen-bond donors (Lipinski definition) is 6. The van der Waals surface area contributed by atoms with Crippen molar-refractivity contribution in [3.05, 3.63) is 220 Å². The number of nitrogens with one attached hydrogen (secondary N) is 4. The Kier molecular flexibility index (Phi) is 16.3. The van der Waals surface area contributed by atoms with E-state index >= 15 is 22.8 Å². The van der Waals surface area contributed by atoms with Crippen molar-refractivity contribution in [1.82, 2.24) is 36.0 Å². The molecule has 11 rings (SSSR count). The first-order valence-corrected chi connectivity index (χ1v) is 27.1. The molecule has 0 spiro atoms. The largest absolute Gasteiger partial charge is 0.492 e. The Labute approximate surface area is 475 Å². The molecule has 0 saturated carbocycles. The van der Waals surface area contributed by atoms with E-state index < -0.39 is 51.1 Å². The van der Waals surface area contributed by atoms with Crippen molar-refractivity contribution in [3.63, 3.8) is 0 Å². The number of benzene rings is 6. The van der Waals surface area contributed by atoms with Crippen LogP contribution in [0.25, 0.3) is 0 Å². The van der Waals surface area contributed by atoms with E-state index in [1.165, 1.54) is 77.1 Å². The summed E-state index contributed by atoms with van der Waals surface area (Å²) in [5, 5.41) is 13.2. The molecule has 6 aromatic carbocycles. The quantitative estimate of drug-likeness (QED) is 0.0185. The number of quaternary nitrogens is 1. The van der Waals surface area contributed by atoms with Crippen LogP contribution in [-0.4, -0.2) is 109 Å². The summed E-state index contributed by atoms with van der Waals surface area (Å²) in [4.78, 5) is 53.1. The molecule has 3 atom stereocenters. The number of aliphatic imine (C=N–C) groups is 1. The first-order valence-electron chi connectivity index (χ1n) is 27.1. The second-order valence-corrected chi connectivity index (χ2v) is 20.3. The van der Waals surface area contributed by atoms with Gasteiger partial charge in [-0.05, 0) is 104 Å². The van der Waals surface area contributed by atoms with Crippen LogP contribution in [0.15, 0.2) is 174 Å². The second-order valence-electron chi connectivity index (χ2n) is 20.3. The summed E-state index contributed by atoms with van der Waals surface area (Å²) in [7, 11) is 0. The smallest absolute Gasteiger partial charge is 0.236 e. The maximum atomic E-state index is 17.2. The summed E-state index contributed by atoms with van der Waals surface area (Å²) in [6.45, 7) is 5.54. The lowest BCUT2D eigenvalue weighted by Gasteiger charge is -2.40. The number of ketones is 3.